The maximum Gasteiger partial charge on any atom is 0.340 e. The van der Waals surface area contributed by atoms with Crippen LogP contribution in [0.4, 0.5) is 21.5 Å². The highest BCUT2D eigenvalue weighted by molar-refractivity contribution is 5.93. The van der Waals surface area contributed by atoms with Crippen LogP contribution in [0.1, 0.15) is 12.5 Å². The van der Waals surface area contributed by atoms with Crippen molar-refractivity contribution in [3.63, 3.8) is 0 Å². The Morgan fingerprint density at radius 1 is 0.944 bits per heavy atom. The second-order valence-corrected chi connectivity index (χ2v) is 7.80. The van der Waals surface area contributed by atoms with Crippen molar-refractivity contribution in [2.24, 2.45) is 0 Å². The first kappa shape index (κ1) is 24.3. The highest BCUT2D eigenvalue weighted by Gasteiger charge is 2.47. The van der Waals surface area contributed by atoms with Crippen LogP contribution in [0.5, 0.6) is 0 Å². The van der Waals surface area contributed by atoms with Gasteiger partial charge in [0.15, 0.2) is 0 Å². The number of nitro benzene ring substituents is 1. The molecule has 0 bridgehead atoms. The Labute approximate surface area is 205 Å². The van der Waals surface area contributed by atoms with Crippen molar-refractivity contribution >= 4 is 28.7 Å². The number of ether oxygens (including phenoxy) is 1. The van der Waals surface area contributed by atoms with Crippen LogP contribution >= 0.6 is 0 Å². The third-order valence-corrected chi connectivity index (χ3v) is 5.66. The molecule has 3 aromatic carbocycles. The fraction of sp³-hybridized carbons (Fsp3) is 0.160. The lowest BCUT2D eigenvalue weighted by Gasteiger charge is -2.41. The molecule has 4 rings (SSSR count). The van der Waals surface area contributed by atoms with Gasteiger partial charge in [-0.1, -0.05) is 18.2 Å². The fourth-order valence-electron chi connectivity index (χ4n) is 4.09. The van der Waals surface area contributed by atoms with Gasteiger partial charge in [0.25, 0.3) is 5.69 Å². The Morgan fingerprint density at radius 2 is 1.58 bits per heavy atom. The Kier molecular flexibility index (Phi) is 6.91. The molecule has 1 unspecified atom stereocenters. The first-order valence-electron chi connectivity index (χ1n) is 11.0. The van der Waals surface area contributed by atoms with Gasteiger partial charge in [0.05, 0.1) is 23.1 Å². The van der Waals surface area contributed by atoms with Gasteiger partial charge in [0.1, 0.15) is 11.5 Å². The molecule has 0 radical (unpaired) electrons. The number of halogens is 1. The summed E-state index contributed by atoms with van der Waals surface area (Å²) in [5, 5.41) is 23.7. The summed E-state index contributed by atoms with van der Waals surface area (Å²) < 4.78 is 18.9. The molecule has 1 heterocycles. The van der Waals surface area contributed by atoms with Gasteiger partial charge >= 0.3 is 11.7 Å². The molecule has 0 spiro atoms. The Bertz CT molecular complexity index is 1310. The van der Waals surface area contributed by atoms with E-state index in [0.29, 0.717) is 11.4 Å². The summed E-state index contributed by atoms with van der Waals surface area (Å²) >= 11 is 0. The second-order valence-electron chi connectivity index (χ2n) is 7.80. The van der Waals surface area contributed by atoms with Crippen molar-refractivity contribution in [2.75, 3.05) is 23.1 Å². The molecular weight excluding hydrogens is 471 g/mol. The molecular formula is C25H21FN4O6. The molecule has 0 N–H and O–H groups in total. The van der Waals surface area contributed by atoms with Gasteiger partial charge in [-0.2, -0.15) is 0 Å². The zero-order chi connectivity index (χ0) is 25.8. The summed E-state index contributed by atoms with van der Waals surface area (Å²) in [6.45, 7) is 1.59. The third-order valence-electron chi connectivity index (χ3n) is 5.66. The number of benzene rings is 3. The highest BCUT2D eigenvalue weighted by Crippen LogP contribution is 2.38. The van der Waals surface area contributed by atoms with Crippen LogP contribution in [0.2, 0.25) is 0 Å². The number of hydrogen-bond acceptors (Lipinski definition) is 8. The summed E-state index contributed by atoms with van der Waals surface area (Å²) in [7, 11) is 0. The largest absolute Gasteiger partial charge is 0.464 e. The minimum Gasteiger partial charge on any atom is -0.464 e. The van der Waals surface area contributed by atoms with Crippen molar-refractivity contribution in [1.82, 2.24) is 0 Å². The first-order chi connectivity index (χ1) is 17.3. The quantitative estimate of drug-likeness (QED) is 0.267. The van der Waals surface area contributed by atoms with Crippen LogP contribution < -0.4 is 9.80 Å². The van der Waals surface area contributed by atoms with Crippen molar-refractivity contribution in [2.45, 2.75) is 13.0 Å². The zero-order valence-electron chi connectivity index (χ0n) is 19.1. The Morgan fingerprint density at radius 3 is 2.14 bits per heavy atom. The van der Waals surface area contributed by atoms with E-state index in [1.54, 1.807) is 42.2 Å². The average molecular weight is 492 g/mol. The number of carbonyl (C=O) groups is 1. The summed E-state index contributed by atoms with van der Waals surface area (Å²) in [5.41, 5.74) is 0.614. The fourth-order valence-corrected chi connectivity index (χ4v) is 4.09. The van der Waals surface area contributed by atoms with Crippen LogP contribution in [0.15, 0.2) is 84.6 Å². The standard InChI is InChI=1S/C25H21FN4O6/c1-2-36-25(31)24-23(30(34)35)22(17-8-12-21(13-9-17)29(32)33)27(20-14-10-18(26)11-15-20)16-28(24)19-6-4-3-5-7-19/h3-15,24H,2,16H2,1H3. The second kappa shape index (κ2) is 10.2. The molecule has 0 amide bonds. The summed E-state index contributed by atoms with van der Waals surface area (Å²) in [5.74, 6) is -1.30. The lowest BCUT2D eigenvalue weighted by atomic mass is 9.99. The summed E-state index contributed by atoms with van der Waals surface area (Å²) in [4.78, 5) is 38.7. The number of nitro groups is 2. The molecule has 10 nitrogen and oxygen atoms in total. The maximum absolute atomic E-state index is 13.7. The van der Waals surface area contributed by atoms with Crippen LogP contribution in [0.3, 0.4) is 0 Å². The van der Waals surface area contributed by atoms with E-state index in [-0.39, 0.29) is 30.2 Å². The van der Waals surface area contributed by atoms with Crippen molar-refractivity contribution in [3.05, 3.63) is 116 Å². The van der Waals surface area contributed by atoms with E-state index < -0.39 is 33.4 Å². The number of hydrogen-bond donors (Lipinski definition) is 0. The van der Waals surface area contributed by atoms with Crippen molar-refractivity contribution in [1.29, 1.82) is 0 Å². The van der Waals surface area contributed by atoms with E-state index in [1.165, 1.54) is 53.4 Å². The van der Waals surface area contributed by atoms with E-state index in [4.69, 9.17) is 4.74 Å². The predicted molar refractivity (Wildman–Crippen MR) is 130 cm³/mol. The molecule has 1 atom stereocenters. The van der Waals surface area contributed by atoms with E-state index in [2.05, 4.69) is 0 Å². The number of anilines is 2. The lowest BCUT2D eigenvalue weighted by Crippen LogP contribution is -2.55. The topological polar surface area (TPSA) is 119 Å². The van der Waals surface area contributed by atoms with Crippen LogP contribution in [-0.4, -0.2) is 35.1 Å². The number of non-ortho nitro benzene ring substituents is 1. The van der Waals surface area contributed by atoms with Crippen molar-refractivity contribution in [3.8, 4) is 0 Å². The molecule has 0 aliphatic carbocycles. The molecule has 1 aliphatic heterocycles. The minimum absolute atomic E-state index is 0.0114. The number of nitrogens with zero attached hydrogens (tertiary/aromatic N) is 4. The van der Waals surface area contributed by atoms with Gasteiger partial charge in [-0.05, 0) is 55.5 Å². The molecule has 36 heavy (non-hydrogen) atoms. The van der Waals surface area contributed by atoms with E-state index in [9.17, 15) is 29.4 Å². The molecule has 11 heteroatoms. The van der Waals surface area contributed by atoms with E-state index in [0.717, 1.165) is 0 Å². The monoisotopic (exact) mass is 492 g/mol. The zero-order valence-corrected chi connectivity index (χ0v) is 19.1. The van der Waals surface area contributed by atoms with Crippen LogP contribution in [0.25, 0.3) is 5.70 Å². The Hall–Kier alpha value is -4.80. The number of para-hydroxylation sites is 1. The molecule has 1 aliphatic rings. The number of esters is 1. The van der Waals surface area contributed by atoms with E-state index in [1.807, 2.05) is 0 Å². The SMILES string of the molecule is CCOC(=O)C1C([N+](=O)[O-])=C(c2ccc([N+](=O)[O-])cc2)N(c2ccc(F)cc2)CN1c1ccccc1. The Balaban J connectivity index is 2.01. The smallest absolute Gasteiger partial charge is 0.340 e. The maximum atomic E-state index is 13.7. The van der Waals surface area contributed by atoms with Crippen LogP contribution in [-0.2, 0) is 9.53 Å². The van der Waals surface area contributed by atoms with E-state index >= 15 is 0 Å². The molecule has 3 aromatic rings. The third kappa shape index (κ3) is 4.71. The van der Waals surface area contributed by atoms with Gasteiger partial charge in [-0.3, -0.25) is 20.2 Å². The number of rotatable bonds is 7. The summed E-state index contributed by atoms with van der Waals surface area (Å²) in [6.07, 6.45) is 0. The van der Waals surface area contributed by atoms with Crippen molar-refractivity contribution < 1.29 is 23.8 Å². The van der Waals surface area contributed by atoms with Gasteiger partial charge in [-0.15, -0.1) is 0 Å². The van der Waals surface area contributed by atoms with Gasteiger partial charge in [-0.25, -0.2) is 9.18 Å². The first-order valence-corrected chi connectivity index (χ1v) is 11.0. The molecule has 0 saturated carbocycles. The average Bonchev–Trinajstić information content (AvgIpc) is 2.88. The normalized spacial score (nSPS) is 15.6. The van der Waals surface area contributed by atoms with Gasteiger partial charge < -0.3 is 14.5 Å². The lowest BCUT2D eigenvalue weighted by molar-refractivity contribution is -0.428. The summed E-state index contributed by atoms with van der Waals surface area (Å²) in [6, 6.07) is 17.9. The molecule has 184 valence electrons. The highest BCUT2D eigenvalue weighted by atomic mass is 19.1. The number of carbonyl (C=O) groups excluding carboxylic acids is 1. The molecule has 0 aromatic heterocycles. The minimum atomic E-state index is -1.41. The molecule has 0 saturated heterocycles. The van der Waals surface area contributed by atoms with Crippen LogP contribution in [0, 0.1) is 26.0 Å². The van der Waals surface area contributed by atoms with Gasteiger partial charge in [0, 0.05) is 29.1 Å². The predicted octanol–water partition coefficient (Wildman–Crippen LogP) is 4.60. The molecule has 0 fully saturated rings. The van der Waals surface area contributed by atoms with Gasteiger partial charge in [0.2, 0.25) is 6.04 Å².